The van der Waals surface area contributed by atoms with E-state index >= 15 is 0 Å². The molecule has 2 rings (SSSR count). The molecule has 1 aromatic rings. The van der Waals surface area contributed by atoms with Crippen LogP contribution in [0.1, 0.15) is 5.56 Å². The second-order valence-corrected chi connectivity index (χ2v) is 2.71. The van der Waals surface area contributed by atoms with Crippen LogP contribution >= 0.6 is 11.3 Å². The number of fused-ring (bicyclic) bond motifs is 1. The second kappa shape index (κ2) is 1.63. The van der Waals surface area contributed by atoms with Crippen molar-refractivity contribution in [1.29, 1.82) is 5.53 Å². The maximum Gasteiger partial charge on any atom is 0.289 e. The van der Waals surface area contributed by atoms with Crippen LogP contribution in [-0.4, -0.2) is 10.6 Å². The molecule has 1 aromatic heterocycles. The zero-order chi connectivity index (χ0) is 7.14. The van der Waals surface area contributed by atoms with Gasteiger partial charge in [0.25, 0.3) is 5.69 Å². The number of thiophene rings is 1. The molecule has 4 nitrogen and oxygen atoms in total. The van der Waals surface area contributed by atoms with Crippen LogP contribution in [0.25, 0.3) is 0 Å². The van der Waals surface area contributed by atoms with E-state index in [0.717, 1.165) is 16.1 Å². The van der Waals surface area contributed by atoms with Crippen LogP contribution in [0.15, 0.2) is 15.9 Å². The van der Waals surface area contributed by atoms with E-state index in [1.807, 2.05) is 10.8 Å². The third-order valence-corrected chi connectivity index (χ3v) is 2.08. The van der Waals surface area contributed by atoms with Gasteiger partial charge in [-0.2, -0.15) is 0 Å². The fourth-order valence-electron chi connectivity index (χ4n) is 0.861. The van der Waals surface area contributed by atoms with Crippen molar-refractivity contribution < 1.29 is 4.81 Å². The molecule has 0 aliphatic carbocycles. The minimum Gasteiger partial charge on any atom is -0.378 e. The van der Waals surface area contributed by atoms with Gasteiger partial charge in [0.2, 0.25) is 5.84 Å². The van der Waals surface area contributed by atoms with Crippen molar-refractivity contribution in [2.24, 2.45) is 10.8 Å². The lowest BCUT2D eigenvalue weighted by molar-refractivity contribution is -0.537. The summed E-state index contributed by atoms with van der Waals surface area (Å²) in [4.78, 5) is 1.04. The second-order valence-electron chi connectivity index (χ2n) is 1.97. The quantitative estimate of drug-likeness (QED) is 0.538. The number of nitrogens with one attached hydrogen (secondary N) is 1. The van der Waals surface area contributed by atoms with Crippen molar-refractivity contribution in [2.75, 3.05) is 0 Å². The summed E-state index contributed by atoms with van der Waals surface area (Å²) < 4.78 is 0. The van der Waals surface area contributed by atoms with Crippen molar-refractivity contribution in [2.45, 2.75) is 0 Å². The van der Waals surface area contributed by atoms with Crippen LogP contribution in [-0.2, 0) is 0 Å². The molecule has 0 unspecified atom stereocenters. The molecular formula is C5H5N4S+. The molecule has 0 radical (unpaired) electrons. The predicted octanol–water partition coefficient (Wildman–Crippen LogP) is 1.06. The molecule has 3 N–H and O–H groups in total. The summed E-state index contributed by atoms with van der Waals surface area (Å²) in [5.41, 5.74) is 14.4. The monoisotopic (exact) mass is 153 g/mol. The highest BCUT2D eigenvalue weighted by Crippen LogP contribution is 2.27. The number of nitrogens with zero attached hydrogens (tertiary/aromatic N) is 2. The maximum atomic E-state index is 7.23. The van der Waals surface area contributed by atoms with Gasteiger partial charge in [-0.05, 0) is 5.53 Å². The SMILES string of the molecule is N=[N+]1N=C(N)c2cscc21. The van der Waals surface area contributed by atoms with E-state index in [2.05, 4.69) is 5.10 Å². The van der Waals surface area contributed by atoms with Crippen LogP contribution in [0.3, 0.4) is 0 Å². The first-order valence-electron chi connectivity index (χ1n) is 2.71. The summed E-state index contributed by atoms with van der Waals surface area (Å²) >= 11 is 1.53. The van der Waals surface area contributed by atoms with Gasteiger partial charge in [-0.15, -0.1) is 11.3 Å². The molecule has 0 saturated carbocycles. The Bertz CT molecular complexity index is 324. The smallest absolute Gasteiger partial charge is 0.289 e. The third kappa shape index (κ3) is 0.522. The van der Waals surface area contributed by atoms with Gasteiger partial charge < -0.3 is 5.73 Å². The number of rotatable bonds is 0. The average molecular weight is 153 g/mol. The Morgan fingerprint density at radius 2 is 2.40 bits per heavy atom. The molecule has 0 saturated heterocycles. The zero-order valence-corrected chi connectivity index (χ0v) is 5.85. The molecule has 0 aromatic carbocycles. The van der Waals surface area contributed by atoms with E-state index < -0.39 is 0 Å². The summed E-state index contributed by atoms with van der Waals surface area (Å²) in [7, 11) is 0. The van der Waals surface area contributed by atoms with Crippen molar-refractivity contribution >= 4 is 22.9 Å². The molecule has 1 aliphatic heterocycles. The third-order valence-electron chi connectivity index (χ3n) is 1.35. The molecule has 0 spiro atoms. The molecule has 1 aliphatic rings. The predicted molar refractivity (Wildman–Crippen MR) is 37.7 cm³/mol. The minimum atomic E-state index is 0.436. The van der Waals surface area contributed by atoms with E-state index in [1.54, 1.807) is 0 Å². The molecule has 10 heavy (non-hydrogen) atoms. The fraction of sp³-hybridized carbons (Fsp3) is 0. The first-order chi connectivity index (χ1) is 4.79. The Balaban J connectivity index is 2.72. The number of nitrogens with two attached hydrogens (primary N) is 1. The average Bonchev–Trinajstić information content (AvgIpc) is 2.39. The van der Waals surface area contributed by atoms with Gasteiger partial charge in [-0.1, -0.05) is 0 Å². The van der Waals surface area contributed by atoms with E-state index in [-0.39, 0.29) is 0 Å². The first kappa shape index (κ1) is 5.55. The normalized spacial score (nSPS) is 15.2. The van der Waals surface area contributed by atoms with Gasteiger partial charge in [-0.25, -0.2) is 0 Å². The Morgan fingerprint density at radius 1 is 1.60 bits per heavy atom. The van der Waals surface area contributed by atoms with Crippen molar-refractivity contribution in [3.8, 4) is 0 Å². The summed E-state index contributed by atoms with van der Waals surface area (Å²) in [5, 5.41) is 7.46. The molecule has 0 bridgehead atoms. The number of hydrogen-bond donors (Lipinski definition) is 2. The Labute approximate surface area is 61.1 Å². The van der Waals surface area contributed by atoms with Gasteiger partial charge in [0.15, 0.2) is 0 Å². The first-order valence-corrected chi connectivity index (χ1v) is 3.65. The van der Waals surface area contributed by atoms with E-state index in [4.69, 9.17) is 11.3 Å². The van der Waals surface area contributed by atoms with Crippen LogP contribution in [0, 0.1) is 5.53 Å². The van der Waals surface area contributed by atoms with Crippen LogP contribution in [0.2, 0.25) is 0 Å². The Hall–Kier alpha value is -1.23. The van der Waals surface area contributed by atoms with Crippen molar-refractivity contribution in [3.63, 3.8) is 0 Å². The summed E-state index contributed by atoms with van der Waals surface area (Å²) in [6, 6.07) is 0. The largest absolute Gasteiger partial charge is 0.378 e. The van der Waals surface area contributed by atoms with Crippen LogP contribution in [0.4, 0.5) is 5.69 Å². The number of hydrogen-bond acceptors (Lipinski definition) is 3. The standard InChI is InChI=1S/C5H5N4S/c6-5-3-1-10-2-4(3)9(7)8-5/h1-2H,(H3,6,7,8)/q+1. The van der Waals surface area contributed by atoms with Gasteiger partial charge in [0, 0.05) is 5.38 Å². The number of amidine groups is 1. The molecule has 5 heteroatoms. The highest BCUT2D eigenvalue weighted by molar-refractivity contribution is 7.08. The van der Waals surface area contributed by atoms with E-state index in [9.17, 15) is 0 Å². The van der Waals surface area contributed by atoms with Gasteiger partial charge in [-0.3, -0.25) is 0 Å². The molecule has 0 atom stereocenters. The van der Waals surface area contributed by atoms with Crippen molar-refractivity contribution in [3.05, 3.63) is 16.3 Å². The van der Waals surface area contributed by atoms with E-state index in [1.165, 1.54) is 11.3 Å². The Morgan fingerprint density at radius 3 is 3.10 bits per heavy atom. The zero-order valence-electron chi connectivity index (χ0n) is 5.03. The van der Waals surface area contributed by atoms with Gasteiger partial charge in [0.05, 0.1) is 15.3 Å². The molecule has 50 valence electrons. The van der Waals surface area contributed by atoms with Gasteiger partial charge >= 0.3 is 0 Å². The molecular weight excluding hydrogens is 148 g/mol. The molecule has 0 fully saturated rings. The lowest BCUT2D eigenvalue weighted by Crippen LogP contribution is -2.08. The molecule has 2 heterocycles. The van der Waals surface area contributed by atoms with Crippen LogP contribution < -0.4 is 5.73 Å². The van der Waals surface area contributed by atoms with E-state index in [0.29, 0.717) is 5.84 Å². The maximum absolute atomic E-state index is 7.23. The highest BCUT2D eigenvalue weighted by atomic mass is 32.1. The number of hydrazone groups is 1. The summed E-state index contributed by atoms with van der Waals surface area (Å²) in [6.45, 7) is 0. The highest BCUT2D eigenvalue weighted by Gasteiger charge is 2.27. The fourth-order valence-corrected chi connectivity index (χ4v) is 1.66. The topological polar surface area (TPSA) is 65.2 Å². The lowest BCUT2D eigenvalue weighted by atomic mass is 10.3. The van der Waals surface area contributed by atoms with Crippen LogP contribution in [0.5, 0.6) is 0 Å². The Kier molecular flexibility index (Phi) is 0.906. The van der Waals surface area contributed by atoms with Gasteiger partial charge in [0.1, 0.15) is 5.56 Å². The minimum absolute atomic E-state index is 0.436. The molecule has 0 amide bonds. The summed E-state index contributed by atoms with van der Waals surface area (Å²) in [5.74, 6) is 0.436. The van der Waals surface area contributed by atoms with Crippen molar-refractivity contribution in [1.82, 2.24) is 0 Å². The lowest BCUT2D eigenvalue weighted by Gasteiger charge is -1.76. The summed E-state index contributed by atoms with van der Waals surface area (Å²) in [6.07, 6.45) is 0.